The molecular formula is C81H124BrF9N6O6. The highest BCUT2D eigenvalue weighted by Gasteiger charge is 2.66. The summed E-state index contributed by atoms with van der Waals surface area (Å²) >= 11 is 3.43. The van der Waals surface area contributed by atoms with Crippen LogP contribution in [0.4, 0.5) is 39.5 Å². The first-order chi connectivity index (χ1) is 46.5. The Morgan fingerprint density at radius 2 is 0.738 bits per heavy atom. The van der Waals surface area contributed by atoms with E-state index in [2.05, 4.69) is 72.8 Å². The first-order valence-corrected chi connectivity index (χ1v) is 39.2. The molecule has 0 radical (unpaired) electrons. The quantitative estimate of drug-likeness (QED) is 0.126. The molecule has 0 spiro atoms. The third-order valence-corrected chi connectivity index (χ3v) is 32.0. The highest BCUT2D eigenvalue weighted by Crippen LogP contribution is 2.72. The lowest BCUT2D eigenvalue weighted by Crippen LogP contribution is -2.55. The minimum absolute atomic E-state index is 0. The first kappa shape index (κ1) is 83.4. The van der Waals surface area contributed by atoms with E-state index in [0.717, 1.165) is 174 Å². The van der Waals surface area contributed by atoms with E-state index in [1.54, 1.807) is 5.10 Å². The molecule has 12 aliphatic carbocycles. The van der Waals surface area contributed by atoms with Crippen LogP contribution in [0.2, 0.25) is 0 Å². The molecule has 15 rings (SSSR count). The van der Waals surface area contributed by atoms with E-state index in [1.807, 2.05) is 20.8 Å². The van der Waals surface area contributed by atoms with Crippen molar-refractivity contribution in [2.75, 3.05) is 5.33 Å². The van der Waals surface area contributed by atoms with E-state index in [9.17, 15) is 69.2 Å². The van der Waals surface area contributed by atoms with E-state index < -0.39 is 52.4 Å². The molecule has 3 heterocycles. The summed E-state index contributed by atoms with van der Waals surface area (Å²) in [6.07, 6.45) is 19.4. The van der Waals surface area contributed by atoms with Crippen molar-refractivity contribution >= 4 is 33.3 Å². The number of hydrogen-bond acceptors (Lipinski definition) is 9. The summed E-state index contributed by atoms with van der Waals surface area (Å²) in [5.74, 6) is 8.39. The number of aromatic nitrogens is 6. The van der Waals surface area contributed by atoms with Gasteiger partial charge in [0.15, 0.2) is 23.0 Å². The van der Waals surface area contributed by atoms with Crippen LogP contribution in [0.1, 0.15) is 275 Å². The van der Waals surface area contributed by atoms with Crippen LogP contribution in [-0.4, -0.2) is 84.6 Å². The summed E-state index contributed by atoms with van der Waals surface area (Å²) in [7, 11) is 0. The maximum atomic E-state index is 13.3. The Bertz CT molecular complexity index is 3270. The zero-order valence-electron chi connectivity index (χ0n) is 60.4. The number of aromatic amines is 1. The molecule has 12 nitrogen and oxygen atoms in total. The monoisotopic (exact) mass is 1530 g/mol. The van der Waals surface area contributed by atoms with Gasteiger partial charge in [-0.2, -0.15) is 54.8 Å². The fraction of sp³-hybridized carbons (Fsp3) is 0.852. The highest BCUT2D eigenvalue weighted by atomic mass is 79.9. The van der Waals surface area contributed by atoms with Gasteiger partial charge in [-0.3, -0.25) is 28.8 Å². The van der Waals surface area contributed by atoms with E-state index in [1.165, 1.54) is 63.8 Å². The molecule has 12 aliphatic rings. The van der Waals surface area contributed by atoms with E-state index in [0.29, 0.717) is 69.8 Å². The number of aliphatic hydroxyl groups is 3. The van der Waals surface area contributed by atoms with Gasteiger partial charge in [0.2, 0.25) is 0 Å². The predicted molar refractivity (Wildman–Crippen MR) is 385 cm³/mol. The summed E-state index contributed by atoms with van der Waals surface area (Å²) in [5.41, 5.74) is -3.14. The molecule has 0 saturated heterocycles. The number of fused-ring (bicyclic) bond motifs is 15. The largest absolute Gasteiger partial charge is 0.435 e. The van der Waals surface area contributed by atoms with Gasteiger partial charge in [-0.25, -0.2) is 0 Å². The van der Waals surface area contributed by atoms with Crippen molar-refractivity contribution in [3.63, 3.8) is 0 Å². The summed E-state index contributed by atoms with van der Waals surface area (Å²) in [6, 6.07) is 2.76. The van der Waals surface area contributed by atoms with Crippen molar-refractivity contribution in [2.45, 2.75) is 306 Å². The maximum Gasteiger partial charge on any atom is 0.435 e. The molecule has 22 heteroatoms. The number of alkyl halides is 10. The van der Waals surface area contributed by atoms with Crippen molar-refractivity contribution in [1.29, 1.82) is 0 Å². The molecule has 24 atom stereocenters. The Balaban J connectivity index is 0.000000168. The normalized spacial score (nSPS) is 43.4. The van der Waals surface area contributed by atoms with Gasteiger partial charge in [-0.1, -0.05) is 79.8 Å². The van der Waals surface area contributed by atoms with Crippen LogP contribution in [0.25, 0.3) is 0 Å². The van der Waals surface area contributed by atoms with Crippen molar-refractivity contribution in [1.82, 2.24) is 29.8 Å². The second-order valence-electron chi connectivity index (χ2n) is 36.9. The van der Waals surface area contributed by atoms with Crippen LogP contribution in [0, 0.1) is 121 Å². The van der Waals surface area contributed by atoms with Crippen LogP contribution in [-0.2, 0) is 46.0 Å². The molecule has 12 fully saturated rings. The van der Waals surface area contributed by atoms with Crippen LogP contribution in [0.15, 0.2) is 36.8 Å². The number of carbonyl (C=O) groups excluding carboxylic acids is 3. The van der Waals surface area contributed by atoms with Gasteiger partial charge in [0, 0.05) is 36.3 Å². The number of nitrogens with zero attached hydrogens (tertiary/aromatic N) is 5. The van der Waals surface area contributed by atoms with Crippen molar-refractivity contribution in [2.24, 2.45) is 121 Å². The topological polar surface area (TPSA) is 176 Å². The zero-order chi connectivity index (χ0) is 72.6. The van der Waals surface area contributed by atoms with Crippen LogP contribution in [0.3, 0.4) is 0 Å². The standard InChI is InChI=1S/2C26H37F3N2O2.C22H35BrO2.C4H3F3N2.3CH4/c2*1-23(33)11-12-24(2)16(14-23)4-5-17-18-6-7-20(25(18,3)10-8-19(17)24)21(32)15-31-13-9-22(30-31)26(27,28)29;1-20(25)10-11-21(2)14(12-20)4-5-15-16-6-7-18(19(24)13-23)22(16,3)9-8-17(15)21;5-4(6,7)3-1-2-8-9-3;;;/h2*9,13,16-20,33H,4-8,10-12,14-15H2,1-3H3;14-18,25H,4-13H2,1-3H3;1-2H,(H,8,9);3*1H4/t16-,17+,18+,19+,20+,23-,24+,25+;16-,17+,18+,19+,20-,23-,24+,25+;14-,15+,16+,17+,18-,20-,21+,22+;;;;/m111..../s1. The van der Waals surface area contributed by atoms with Gasteiger partial charge in [0.25, 0.3) is 0 Å². The number of Topliss-reactive ketones (excluding diaryl/α,β-unsaturated/α-hetero) is 3. The smallest absolute Gasteiger partial charge is 0.390 e. The minimum atomic E-state index is -4.49. The lowest BCUT2D eigenvalue weighted by Gasteiger charge is -2.61. The van der Waals surface area contributed by atoms with Crippen molar-refractivity contribution in [3.8, 4) is 0 Å². The molecule has 0 aliphatic heterocycles. The average Bonchev–Trinajstić information content (AvgIpc) is 1.71. The minimum Gasteiger partial charge on any atom is -0.390 e. The highest BCUT2D eigenvalue weighted by molar-refractivity contribution is 9.09. The Morgan fingerprint density at radius 1 is 0.427 bits per heavy atom. The molecule has 3 aromatic heterocycles. The molecule has 0 amide bonds. The summed E-state index contributed by atoms with van der Waals surface area (Å²) in [4.78, 5) is 39.1. The van der Waals surface area contributed by atoms with Gasteiger partial charge in [-0.15, -0.1) is 0 Å². The SMILES string of the molecule is C.C.C.C[C@@]1(O)CC[C@@]2(C)[C@H](CC[C@@H]3[C@@H]2CC[C@]2(C)[C@@H](C(=O)CBr)CC[C@@H]32)C1.C[C@@]1(O)CC[C@@]2(C)[C@H](CC[C@@H]3[C@@H]2CC[C@]2(C)[C@@H](C(=O)Cn4ccc(C(F)(F)F)n4)CC[C@@H]32)C1.C[C@@]1(O)CC[C@@]2(C)[C@H](CC[C@@H]3[C@@H]2CC[C@]2(C)[C@H](C(=O)Cn4ccc(C(F)(F)F)n4)CC[C@@H]32)C1.FC(F)(F)c1ccn[nH]1. The number of hydrogen-bond donors (Lipinski definition) is 4. The average molecular weight is 1530 g/mol. The molecule has 4 N–H and O–H groups in total. The third-order valence-electron chi connectivity index (χ3n) is 31.5. The second kappa shape index (κ2) is 29.6. The fourth-order valence-electron chi connectivity index (χ4n) is 26.1. The number of ketones is 3. The Kier molecular flexibility index (Phi) is 24.0. The van der Waals surface area contributed by atoms with E-state index in [-0.39, 0.29) is 91.8 Å². The van der Waals surface area contributed by atoms with Crippen LogP contribution < -0.4 is 0 Å². The number of nitrogens with one attached hydrogen (secondary N) is 1. The Labute approximate surface area is 616 Å². The molecule has 0 aromatic carbocycles. The van der Waals surface area contributed by atoms with Gasteiger partial charge in [0.05, 0.1) is 35.2 Å². The summed E-state index contributed by atoms with van der Waals surface area (Å²) in [5, 5.41) is 44.6. The third kappa shape index (κ3) is 15.7. The van der Waals surface area contributed by atoms with Gasteiger partial charge < -0.3 is 15.3 Å². The summed E-state index contributed by atoms with van der Waals surface area (Å²) < 4.78 is 114. The molecule has 0 unspecified atom stereocenters. The molecular weight excluding hydrogens is 1400 g/mol. The number of H-pyrrole nitrogens is 1. The molecule has 0 bridgehead atoms. The number of rotatable bonds is 8. The number of halogens is 10. The summed E-state index contributed by atoms with van der Waals surface area (Å²) in [6.45, 7) is 20.3. The molecule has 103 heavy (non-hydrogen) atoms. The van der Waals surface area contributed by atoms with Crippen LogP contribution in [0.5, 0.6) is 0 Å². The predicted octanol–water partition coefficient (Wildman–Crippen LogP) is 20.5. The Hall–Kier alpha value is -3.63. The van der Waals surface area contributed by atoms with Crippen molar-refractivity contribution in [3.05, 3.63) is 53.9 Å². The lowest BCUT2D eigenvalue weighted by molar-refractivity contribution is -0.151. The van der Waals surface area contributed by atoms with Gasteiger partial charge >= 0.3 is 18.5 Å². The van der Waals surface area contributed by atoms with Gasteiger partial charge in [-0.05, 0) is 316 Å². The lowest BCUT2D eigenvalue weighted by atomic mass is 9.44. The molecule has 3 aromatic rings. The maximum absolute atomic E-state index is 13.3. The van der Waals surface area contributed by atoms with Gasteiger partial charge in [0.1, 0.15) is 11.5 Å². The van der Waals surface area contributed by atoms with E-state index in [4.69, 9.17) is 0 Å². The fourth-order valence-corrected chi connectivity index (χ4v) is 26.5. The van der Waals surface area contributed by atoms with Crippen molar-refractivity contribution < 1.29 is 69.2 Å². The second-order valence-corrected chi connectivity index (χ2v) is 37.5. The first-order valence-electron chi connectivity index (χ1n) is 38.1. The zero-order valence-corrected chi connectivity index (χ0v) is 62.0. The van der Waals surface area contributed by atoms with Crippen LogP contribution >= 0.6 is 15.9 Å². The molecule has 12 saturated carbocycles. The van der Waals surface area contributed by atoms with E-state index >= 15 is 0 Å². The number of carbonyl (C=O) groups is 3. The molecule has 584 valence electrons. The Morgan fingerprint density at radius 3 is 1.00 bits per heavy atom.